The predicted molar refractivity (Wildman–Crippen MR) is 83.6 cm³/mol. The molecule has 6 nitrogen and oxygen atoms in total. The molecule has 2 aromatic rings. The van der Waals surface area contributed by atoms with Crippen molar-refractivity contribution in [3.05, 3.63) is 28.8 Å². The zero-order chi connectivity index (χ0) is 15.4. The molecule has 2 aromatic heterocycles. The second-order valence-corrected chi connectivity index (χ2v) is 5.75. The van der Waals surface area contributed by atoms with E-state index in [0.29, 0.717) is 6.54 Å². The van der Waals surface area contributed by atoms with Crippen molar-refractivity contribution in [2.24, 2.45) is 5.73 Å². The van der Waals surface area contributed by atoms with Crippen LogP contribution in [0.5, 0.6) is 5.75 Å². The van der Waals surface area contributed by atoms with Gasteiger partial charge in [-0.05, 0) is 20.8 Å². The van der Waals surface area contributed by atoms with Gasteiger partial charge in [0.05, 0.1) is 12.8 Å². The first kappa shape index (κ1) is 15.8. The van der Waals surface area contributed by atoms with Crippen molar-refractivity contribution in [2.75, 3.05) is 13.7 Å². The zero-order valence-electron chi connectivity index (χ0n) is 12.9. The first-order chi connectivity index (χ1) is 10.1. The average molecular weight is 307 g/mol. The number of aryl methyl sites for hydroxylation is 2. The van der Waals surface area contributed by atoms with Gasteiger partial charge in [-0.15, -0.1) is 10.2 Å². The SMILES string of the molecule is COc1c(C)cnc(CSc2nnc(C)n2CCN)c1C. The first-order valence-electron chi connectivity index (χ1n) is 6.80. The lowest BCUT2D eigenvalue weighted by molar-refractivity contribution is 0.407. The van der Waals surface area contributed by atoms with Crippen molar-refractivity contribution in [3.8, 4) is 5.75 Å². The molecule has 21 heavy (non-hydrogen) atoms. The van der Waals surface area contributed by atoms with Crippen LogP contribution in [0.2, 0.25) is 0 Å². The molecular weight excluding hydrogens is 286 g/mol. The third-order valence-corrected chi connectivity index (χ3v) is 4.32. The fourth-order valence-corrected chi connectivity index (χ4v) is 3.24. The molecule has 0 saturated heterocycles. The highest BCUT2D eigenvalue weighted by atomic mass is 32.2. The molecule has 0 radical (unpaired) electrons. The molecule has 0 spiro atoms. The van der Waals surface area contributed by atoms with Crippen LogP contribution >= 0.6 is 11.8 Å². The quantitative estimate of drug-likeness (QED) is 0.821. The van der Waals surface area contributed by atoms with Crippen LogP contribution in [0, 0.1) is 20.8 Å². The molecule has 0 unspecified atom stereocenters. The van der Waals surface area contributed by atoms with Gasteiger partial charge in [-0.2, -0.15) is 0 Å². The Morgan fingerprint density at radius 3 is 2.71 bits per heavy atom. The second kappa shape index (κ2) is 6.91. The molecule has 0 fully saturated rings. The Bertz CT molecular complexity index is 626. The standard InChI is InChI=1S/C14H21N5OS/c1-9-7-16-12(10(2)13(9)20-4)8-21-14-18-17-11(3)19(14)6-5-15/h7H,5-6,8,15H2,1-4H3. The van der Waals surface area contributed by atoms with Crippen LogP contribution in [0.1, 0.15) is 22.6 Å². The monoisotopic (exact) mass is 307 g/mol. The van der Waals surface area contributed by atoms with E-state index in [1.54, 1.807) is 18.9 Å². The number of thioether (sulfide) groups is 1. The first-order valence-corrected chi connectivity index (χ1v) is 7.78. The number of nitrogens with zero attached hydrogens (tertiary/aromatic N) is 4. The number of nitrogens with two attached hydrogens (primary N) is 1. The number of rotatable bonds is 6. The molecule has 0 amide bonds. The Morgan fingerprint density at radius 2 is 2.05 bits per heavy atom. The number of pyridine rings is 1. The van der Waals surface area contributed by atoms with Crippen LogP contribution in [0.3, 0.4) is 0 Å². The Labute approximate surface area is 129 Å². The van der Waals surface area contributed by atoms with E-state index in [1.807, 2.05) is 31.5 Å². The molecule has 2 heterocycles. The predicted octanol–water partition coefficient (Wildman–Crippen LogP) is 1.86. The molecule has 0 aliphatic rings. The van der Waals surface area contributed by atoms with E-state index in [1.165, 1.54) is 0 Å². The maximum atomic E-state index is 5.63. The van der Waals surface area contributed by atoms with E-state index < -0.39 is 0 Å². The summed E-state index contributed by atoms with van der Waals surface area (Å²) in [5.41, 5.74) is 8.75. The van der Waals surface area contributed by atoms with E-state index in [9.17, 15) is 0 Å². The van der Waals surface area contributed by atoms with Crippen LogP contribution in [-0.2, 0) is 12.3 Å². The number of aromatic nitrogens is 4. The molecule has 0 saturated carbocycles. The summed E-state index contributed by atoms with van der Waals surface area (Å²) in [6.45, 7) is 7.26. The molecule has 2 N–H and O–H groups in total. The summed E-state index contributed by atoms with van der Waals surface area (Å²) in [6, 6.07) is 0. The third kappa shape index (κ3) is 3.36. The third-order valence-electron chi connectivity index (χ3n) is 3.34. The van der Waals surface area contributed by atoms with E-state index in [-0.39, 0.29) is 0 Å². The van der Waals surface area contributed by atoms with Gasteiger partial charge in [0.1, 0.15) is 11.6 Å². The van der Waals surface area contributed by atoms with Gasteiger partial charge < -0.3 is 15.0 Å². The second-order valence-electron chi connectivity index (χ2n) is 4.80. The van der Waals surface area contributed by atoms with Crippen LogP contribution in [0.15, 0.2) is 11.4 Å². The molecular formula is C14H21N5OS. The van der Waals surface area contributed by atoms with Gasteiger partial charge in [0.15, 0.2) is 5.16 Å². The fraction of sp³-hybridized carbons (Fsp3) is 0.500. The number of methoxy groups -OCH3 is 1. The number of hydrogen-bond donors (Lipinski definition) is 1. The largest absolute Gasteiger partial charge is 0.496 e. The summed E-state index contributed by atoms with van der Waals surface area (Å²) in [7, 11) is 1.69. The topological polar surface area (TPSA) is 78.9 Å². The van der Waals surface area contributed by atoms with Crippen LogP contribution < -0.4 is 10.5 Å². The van der Waals surface area contributed by atoms with Crippen molar-refractivity contribution < 1.29 is 4.74 Å². The van der Waals surface area contributed by atoms with Crippen LogP contribution in [0.4, 0.5) is 0 Å². The van der Waals surface area contributed by atoms with Crippen molar-refractivity contribution in [1.82, 2.24) is 19.7 Å². The normalized spacial score (nSPS) is 10.9. The molecule has 0 aliphatic heterocycles. The highest BCUT2D eigenvalue weighted by Gasteiger charge is 2.13. The van der Waals surface area contributed by atoms with Crippen molar-refractivity contribution in [1.29, 1.82) is 0 Å². The summed E-state index contributed by atoms with van der Waals surface area (Å²) < 4.78 is 7.47. The van der Waals surface area contributed by atoms with Gasteiger partial charge in [-0.1, -0.05) is 11.8 Å². The highest BCUT2D eigenvalue weighted by molar-refractivity contribution is 7.98. The summed E-state index contributed by atoms with van der Waals surface area (Å²) in [4.78, 5) is 4.50. The smallest absolute Gasteiger partial charge is 0.191 e. The maximum absolute atomic E-state index is 5.63. The molecule has 0 bridgehead atoms. The summed E-state index contributed by atoms with van der Waals surface area (Å²) in [6.07, 6.45) is 1.84. The lowest BCUT2D eigenvalue weighted by atomic mass is 10.1. The van der Waals surface area contributed by atoms with Crippen molar-refractivity contribution >= 4 is 11.8 Å². The van der Waals surface area contributed by atoms with Crippen molar-refractivity contribution in [3.63, 3.8) is 0 Å². The summed E-state index contributed by atoms with van der Waals surface area (Å²) in [5, 5.41) is 9.18. The highest BCUT2D eigenvalue weighted by Crippen LogP contribution is 2.28. The Morgan fingerprint density at radius 1 is 1.29 bits per heavy atom. The van der Waals surface area contributed by atoms with Gasteiger partial charge in [-0.3, -0.25) is 4.98 Å². The van der Waals surface area contributed by atoms with Gasteiger partial charge in [0.25, 0.3) is 0 Å². The summed E-state index contributed by atoms with van der Waals surface area (Å²) >= 11 is 1.62. The number of ether oxygens (including phenoxy) is 1. The molecule has 0 atom stereocenters. The lowest BCUT2D eigenvalue weighted by Gasteiger charge is -2.12. The molecule has 114 valence electrons. The van der Waals surface area contributed by atoms with Gasteiger partial charge >= 0.3 is 0 Å². The van der Waals surface area contributed by atoms with Crippen LogP contribution in [-0.4, -0.2) is 33.4 Å². The minimum atomic E-state index is 0.572. The molecule has 0 aromatic carbocycles. The lowest BCUT2D eigenvalue weighted by Crippen LogP contribution is -2.12. The van der Waals surface area contributed by atoms with E-state index in [4.69, 9.17) is 10.5 Å². The fourth-order valence-electron chi connectivity index (χ4n) is 2.20. The maximum Gasteiger partial charge on any atom is 0.191 e. The van der Waals surface area contributed by atoms with Crippen molar-refractivity contribution in [2.45, 2.75) is 38.2 Å². The van der Waals surface area contributed by atoms with Gasteiger partial charge in [0.2, 0.25) is 0 Å². The van der Waals surface area contributed by atoms with Gasteiger partial charge in [0, 0.05) is 36.2 Å². The Hall–Kier alpha value is -1.60. The zero-order valence-corrected chi connectivity index (χ0v) is 13.7. The Kier molecular flexibility index (Phi) is 5.19. The van der Waals surface area contributed by atoms with E-state index >= 15 is 0 Å². The summed E-state index contributed by atoms with van der Waals surface area (Å²) in [5.74, 6) is 2.51. The van der Waals surface area contributed by atoms with E-state index in [2.05, 4.69) is 15.2 Å². The number of hydrogen-bond acceptors (Lipinski definition) is 6. The van der Waals surface area contributed by atoms with Crippen LogP contribution in [0.25, 0.3) is 0 Å². The molecule has 2 rings (SSSR count). The molecule has 0 aliphatic carbocycles. The molecule has 7 heteroatoms. The Balaban J connectivity index is 2.17. The minimum absolute atomic E-state index is 0.572. The minimum Gasteiger partial charge on any atom is -0.496 e. The average Bonchev–Trinajstić information content (AvgIpc) is 2.80. The van der Waals surface area contributed by atoms with E-state index in [0.717, 1.165) is 45.8 Å². The van der Waals surface area contributed by atoms with Gasteiger partial charge in [-0.25, -0.2) is 0 Å².